The maximum atomic E-state index is 12.9. The van der Waals surface area contributed by atoms with Gasteiger partial charge >= 0.3 is 5.97 Å². The number of carbonyl (C=O) groups is 2. The highest BCUT2D eigenvalue weighted by Crippen LogP contribution is 2.29. The van der Waals surface area contributed by atoms with Crippen molar-refractivity contribution < 1.29 is 14.7 Å². The van der Waals surface area contributed by atoms with Crippen molar-refractivity contribution in [2.45, 2.75) is 25.2 Å². The van der Waals surface area contributed by atoms with Crippen LogP contribution in [0.3, 0.4) is 0 Å². The number of rotatable bonds is 5. The van der Waals surface area contributed by atoms with Crippen molar-refractivity contribution in [2.24, 2.45) is 5.92 Å². The summed E-state index contributed by atoms with van der Waals surface area (Å²) in [5.74, 6) is -1.23. The molecule has 4 nitrogen and oxygen atoms in total. The molecule has 1 aliphatic rings. The highest BCUT2D eigenvalue weighted by molar-refractivity contribution is 5.79. The molecule has 4 heteroatoms. The number of piperidine rings is 1. The van der Waals surface area contributed by atoms with Crippen LogP contribution in [-0.2, 0) is 9.59 Å². The zero-order chi connectivity index (χ0) is 17.6. The van der Waals surface area contributed by atoms with E-state index in [9.17, 15) is 14.7 Å². The van der Waals surface area contributed by atoms with Crippen LogP contribution in [0, 0.1) is 5.92 Å². The summed E-state index contributed by atoms with van der Waals surface area (Å²) in [6, 6.07) is 20.0. The predicted molar refractivity (Wildman–Crippen MR) is 96.3 cm³/mol. The SMILES string of the molecule is O=C(O)C1CCCN(C(=O)CC(c2ccccc2)c2ccccc2)C1. The van der Waals surface area contributed by atoms with Crippen LogP contribution in [0.1, 0.15) is 36.3 Å². The highest BCUT2D eigenvalue weighted by Gasteiger charge is 2.29. The fraction of sp³-hybridized carbons (Fsp3) is 0.333. The third-order valence-corrected chi connectivity index (χ3v) is 4.91. The Morgan fingerprint density at radius 1 is 1.00 bits per heavy atom. The molecular formula is C21H23NO3. The van der Waals surface area contributed by atoms with Gasteiger partial charge in [-0.2, -0.15) is 0 Å². The molecule has 0 radical (unpaired) electrons. The van der Waals surface area contributed by atoms with Crippen LogP contribution in [0.4, 0.5) is 0 Å². The minimum absolute atomic E-state index is 0.0138. The Morgan fingerprint density at radius 2 is 1.56 bits per heavy atom. The van der Waals surface area contributed by atoms with Gasteiger partial charge in [0.25, 0.3) is 0 Å². The summed E-state index contributed by atoms with van der Waals surface area (Å²) in [4.78, 5) is 25.8. The largest absolute Gasteiger partial charge is 0.481 e. The van der Waals surface area contributed by atoms with E-state index >= 15 is 0 Å². The van der Waals surface area contributed by atoms with Gasteiger partial charge in [-0.05, 0) is 24.0 Å². The van der Waals surface area contributed by atoms with Crippen molar-refractivity contribution in [3.8, 4) is 0 Å². The zero-order valence-corrected chi connectivity index (χ0v) is 14.2. The number of hydrogen-bond acceptors (Lipinski definition) is 2. The maximum Gasteiger partial charge on any atom is 0.308 e. The summed E-state index contributed by atoms with van der Waals surface area (Å²) >= 11 is 0. The Morgan fingerprint density at radius 3 is 2.08 bits per heavy atom. The number of carbonyl (C=O) groups excluding carboxylic acids is 1. The number of aliphatic carboxylic acids is 1. The van der Waals surface area contributed by atoms with Crippen LogP contribution in [-0.4, -0.2) is 35.0 Å². The Hall–Kier alpha value is -2.62. The second kappa shape index (κ2) is 7.97. The molecule has 0 aliphatic carbocycles. The molecule has 1 aliphatic heterocycles. The van der Waals surface area contributed by atoms with E-state index in [2.05, 4.69) is 0 Å². The molecule has 130 valence electrons. The molecule has 2 aromatic rings. The first-order valence-electron chi connectivity index (χ1n) is 8.75. The minimum atomic E-state index is -0.805. The maximum absolute atomic E-state index is 12.9. The van der Waals surface area contributed by atoms with Crippen molar-refractivity contribution in [1.29, 1.82) is 0 Å². The standard InChI is InChI=1S/C21H23NO3/c23-20(22-13-7-12-18(15-22)21(24)25)14-19(16-8-3-1-4-9-16)17-10-5-2-6-11-17/h1-6,8-11,18-19H,7,12-15H2,(H,24,25). The van der Waals surface area contributed by atoms with E-state index in [1.165, 1.54) is 0 Å². The van der Waals surface area contributed by atoms with Crippen LogP contribution in [0.25, 0.3) is 0 Å². The fourth-order valence-electron chi connectivity index (χ4n) is 3.51. The summed E-state index contributed by atoms with van der Waals surface area (Å²) in [7, 11) is 0. The molecule has 1 N–H and O–H groups in total. The van der Waals surface area contributed by atoms with Gasteiger partial charge in [0.15, 0.2) is 0 Å². The lowest BCUT2D eigenvalue weighted by Crippen LogP contribution is -2.42. The molecule has 1 atom stereocenters. The van der Waals surface area contributed by atoms with Crippen molar-refractivity contribution in [2.75, 3.05) is 13.1 Å². The third-order valence-electron chi connectivity index (χ3n) is 4.91. The smallest absolute Gasteiger partial charge is 0.308 e. The summed E-state index contributed by atoms with van der Waals surface area (Å²) in [5.41, 5.74) is 2.21. The fourth-order valence-corrected chi connectivity index (χ4v) is 3.51. The topological polar surface area (TPSA) is 57.6 Å². The number of carboxylic acids is 1. The zero-order valence-electron chi connectivity index (χ0n) is 14.2. The van der Waals surface area contributed by atoms with E-state index in [0.717, 1.165) is 17.5 Å². The van der Waals surface area contributed by atoms with E-state index < -0.39 is 11.9 Å². The Bertz CT molecular complexity index is 675. The molecule has 0 spiro atoms. The van der Waals surface area contributed by atoms with Crippen LogP contribution < -0.4 is 0 Å². The highest BCUT2D eigenvalue weighted by atomic mass is 16.4. The summed E-state index contributed by atoms with van der Waals surface area (Å²) in [6.45, 7) is 0.976. The van der Waals surface area contributed by atoms with Gasteiger partial charge in [0, 0.05) is 25.4 Å². The van der Waals surface area contributed by atoms with Crippen molar-refractivity contribution in [3.05, 3.63) is 71.8 Å². The number of benzene rings is 2. The number of nitrogens with zero attached hydrogens (tertiary/aromatic N) is 1. The Balaban J connectivity index is 1.78. The van der Waals surface area contributed by atoms with Gasteiger partial charge in [-0.15, -0.1) is 0 Å². The van der Waals surface area contributed by atoms with E-state index in [1.807, 2.05) is 60.7 Å². The molecule has 25 heavy (non-hydrogen) atoms. The molecule has 1 fully saturated rings. The van der Waals surface area contributed by atoms with Gasteiger partial charge in [-0.25, -0.2) is 0 Å². The molecular weight excluding hydrogens is 314 g/mol. The summed E-state index contributed by atoms with van der Waals surface area (Å²) in [5, 5.41) is 9.24. The normalized spacial score (nSPS) is 17.5. The molecule has 0 saturated carbocycles. The van der Waals surface area contributed by atoms with Gasteiger partial charge in [0.1, 0.15) is 0 Å². The number of amides is 1. The number of hydrogen-bond donors (Lipinski definition) is 1. The first-order valence-corrected chi connectivity index (χ1v) is 8.75. The lowest BCUT2D eigenvalue weighted by molar-refractivity contribution is -0.145. The van der Waals surface area contributed by atoms with Crippen molar-refractivity contribution in [3.63, 3.8) is 0 Å². The molecule has 1 amide bonds. The lowest BCUT2D eigenvalue weighted by atomic mass is 9.87. The van der Waals surface area contributed by atoms with Gasteiger partial charge in [-0.3, -0.25) is 9.59 Å². The first-order chi connectivity index (χ1) is 12.1. The Labute approximate surface area is 148 Å². The molecule has 3 rings (SSSR count). The van der Waals surface area contributed by atoms with Crippen LogP contribution in [0.5, 0.6) is 0 Å². The van der Waals surface area contributed by atoms with Crippen LogP contribution >= 0.6 is 0 Å². The minimum Gasteiger partial charge on any atom is -0.481 e. The van der Waals surface area contributed by atoms with E-state index in [0.29, 0.717) is 25.9 Å². The number of carboxylic acid groups (broad SMARTS) is 1. The molecule has 0 aromatic heterocycles. The Kier molecular flexibility index (Phi) is 5.49. The summed E-state index contributed by atoms with van der Waals surface area (Å²) < 4.78 is 0. The molecule has 0 bridgehead atoms. The van der Waals surface area contributed by atoms with Gasteiger partial charge < -0.3 is 10.0 Å². The number of likely N-dealkylation sites (tertiary alicyclic amines) is 1. The van der Waals surface area contributed by atoms with E-state index in [4.69, 9.17) is 0 Å². The van der Waals surface area contributed by atoms with Crippen molar-refractivity contribution >= 4 is 11.9 Å². The lowest BCUT2D eigenvalue weighted by Gasteiger charge is -2.32. The van der Waals surface area contributed by atoms with E-state index in [1.54, 1.807) is 4.90 Å². The molecule has 2 aromatic carbocycles. The van der Waals surface area contributed by atoms with E-state index in [-0.39, 0.29) is 11.8 Å². The second-order valence-corrected chi connectivity index (χ2v) is 6.60. The quantitative estimate of drug-likeness (QED) is 0.908. The first kappa shape index (κ1) is 17.2. The van der Waals surface area contributed by atoms with Crippen molar-refractivity contribution in [1.82, 2.24) is 4.90 Å². The second-order valence-electron chi connectivity index (χ2n) is 6.60. The van der Waals surface area contributed by atoms with Crippen LogP contribution in [0.2, 0.25) is 0 Å². The molecule has 1 unspecified atom stereocenters. The monoisotopic (exact) mass is 337 g/mol. The molecule has 1 heterocycles. The average molecular weight is 337 g/mol. The third kappa shape index (κ3) is 4.27. The summed E-state index contributed by atoms with van der Waals surface area (Å²) in [6.07, 6.45) is 1.77. The van der Waals surface area contributed by atoms with Gasteiger partial charge in [0.2, 0.25) is 5.91 Å². The molecule has 1 saturated heterocycles. The average Bonchev–Trinajstić information content (AvgIpc) is 2.67. The predicted octanol–water partition coefficient (Wildman–Crippen LogP) is 3.53. The van der Waals surface area contributed by atoms with Gasteiger partial charge in [0.05, 0.1) is 5.92 Å². The van der Waals surface area contributed by atoms with Crippen LogP contribution in [0.15, 0.2) is 60.7 Å². The van der Waals surface area contributed by atoms with Gasteiger partial charge in [-0.1, -0.05) is 60.7 Å².